The molecule has 3 N–H and O–H groups in total. The number of aliphatic carboxylic acids is 1. The molecule has 1 atom stereocenters. The van der Waals surface area contributed by atoms with E-state index in [4.69, 9.17) is 5.11 Å². The van der Waals surface area contributed by atoms with Crippen LogP contribution in [0, 0.1) is 0 Å². The van der Waals surface area contributed by atoms with E-state index in [1.54, 1.807) is 0 Å². The molecule has 0 aliphatic carbocycles. The van der Waals surface area contributed by atoms with Gasteiger partial charge in [0, 0.05) is 0 Å². The molecular formula is C4H7NO4. The molecule has 0 rings (SSSR count). The van der Waals surface area contributed by atoms with Gasteiger partial charge in [0.05, 0.1) is 0 Å². The molecular weight excluding hydrogens is 126 g/mol. The molecule has 0 aromatic carbocycles. The number of rotatable bonds is 2. The van der Waals surface area contributed by atoms with Crippen molar-refractivity contribution in [2.75, 3.05) is 0 Å². The summed E-state index contributed by atoms with van der Waals surface area (Å²) in [5, 5.41) is 8.04. The molecule has 0 aromatic rings. The van der Waals surface area contributed by atoms with Gasteiger partial charge in [-0.25, -0.2) is 9.59 Å². The number of aliphatic imine (C=N–C) groups is 1. The summed E-state index contributed by atoms with van der Waals surface area (Å²) in [5.41, 5.74) is 0. The molecule has 52 valence electrons. The first-order chi connectivity index (χ1) is 3.68. The predicted octanol–water partition coefficient (Wildman–Crippen LogP) is -1.03. The lowest BCUT2D eigenvalue weighted by molar-refractivity contribution is -0.137. The van der Waals surface area contributed by atoms with Crippen LogP contribution in [0.1, 0.15) is 6.92 Å². The monoisotopic (exact) mass is 133 g/mol. The summed E-state index contributed by atoms with van der Waals surface area (Å²) in [5.74, 6) is -1.12. The zero-order chi connectivity index (χ0) is 6.57. The maximum atomic E-state index is 9.82. The minimum absolute atomic E-state index is 0. The smallest absolute Gasteiger partial charge is 0.329 e. The number of isocyanates is 1. The standard InChI is InChI=1S/C4H5NO3.H2O/c1-3(4(7)8)5-2-6;/h3H,1H3,(H,7,8);1H2. The van der Waals surface area contributed by atoms with E-state index in [1.807, 2.05) is 0 Å². The highest BCUT2D eigenvalue weighted by Gasteiger charge is 2.06. The van der Waals surface area contributed by atoms with Crippen LogP contribution in [0.3, 0.4) is 0 Å². The SMILES string of the molecule is CC(N=C=O)C(=O)O.O. The molecule has 5 heteroatoms. The molecule has 0 aliphatic rings. The second kappa shape index (κ2) is 4.96. The minimum atomic E-state index is -1.12. The Bertz CT molecular complexity index is 136. The van der Waals surface area contributed by atoms with E-state index in [-0.39, 0.29) is 5.48 Å². The van der Waals surface area contributed by atoms with E-state index >= 15 is 0 Å². The van der Waals surface area contributed by atoms with E-state index < -0.39 is 12.0 Å². The Morgan fingerprint density at radius 2 is 2.22 bits per heavy atom. The van der Waals surface area contributed by atoms with Crippen molar-refractivity contribution in [1.82, 2.24) is 0 Å². The normalized spacial score (nSPS) is 10.3. The molecule has 0 saturated carbocycles. The molecule has 5 nitrogen and oxygen atoms in total. The zero-order valence-electron chi connectivity index (χ0n) is 4.79. The average molecular weight is 133 g/mol. The summed E-state index contributed by atoms with van der Waals surface area (Å²) >= 11 is 0. The highest BCUT2D eigenvalue weighted by molar-refractivity contribution is 5.74. The van der Waals surface area contributed by atoms with Gasteiger partial charge in [-0.2, -0.15) is 4.99 Å². The van der Waals surface area contributed by atoms with E-state index in [2.05, 4.69) is 4.99 Å². The van der Waals surface area contributed by atoms with Crippen LogP contribution in [0.2, 0.25) is 0 Å². The van der Waals surface area contributed by atoms with Crippen LogP contribution in [-0.2, 0) is 9.59 Å². The van der Waals surface area contributed by atoms with E-state index in [9.17, 15) is 9.59 Å². The van der Waals surface area contributed by atoms with Crippen molar-refractivity contribution in [3.63, 3.8) is 0 Å². The number of hydrogen-bond acceptors (Lipinski definition) is 3. The summed E-state index contributed by atoms with van der Waals surface area (Å²) < 4.78 is 0. The predicted molar refractivity (Wildman–Crippen MR) is 28.8 cm³/mol. The molecule has 0 aliphatic heterocycles. The van der Waals surface area contributed by atoms with Crippen LogP contribution in [0.15, 0.2) is 4.99 Å². The Morgan fingerprint density at radius 3 is 2.33 bits per heavy atom. The molecule has 0 saturated heterocycles. The fourth-order valence-electron chi connectivity index (χ4n) is 0.134. The molecule has 1 unspecified atom stereocenters. The lowest BCUT2D eigenvalue weighted by Gasteiger charge is -1.90. The maximum absolute atomic E-state index is 9.82. The lowest BCUT2D eigenvalue weighted by Crippen LogP contribution is -2.12. The van der Waals surface area contributed by atoms with E-state index in [0.29, 0.717) is 0 Å². The van der Waals surface area contributed by atoms with Crippen LogP contribution in [0.5, 0.6) is 0 Å². The second-order valence-corrected chi connectivity index (χ2v) is 1.23. The Morgan fingerprint density at radius 1 is 1.78 bits per heavy atom. The van der Waals surface area contributed by atoms with Crippen molar-refractivity contribution < 1.29 is 20.2 Å². The zero-order valence-corrected chi connectivity index (χ0v) is 4.79. The maximum Gasteiger partial charge on any atom is 0.329 e. The first-order valence-electron chi connectivity index (χ1n) is 1.98. The van der Waals surface area contributed by atoms with E-state index in [1.165, 1.54) is 6.92 Å². The lowest BCUT2D eigenvalue weighted by atomic mass is 10.4. The first kappa shape index (κ1) is 10.7. The first-order valence-corrected chi connectivity index (χ1v) is 1.98. The van der Waals surface area contributed by atoms with Crippen molar-refractivity contribution in [1.29, 1.82) is 0 Å². The van der Waals surface area contributed by atoms with Gasteiger partial charge in [0.25, 0.3) is 0 Å². The van der Waals surface area contributed by atoms with E-state index in [0.717, 1.165) is 6.08 Å². The van der Waals surface area contributed by atoms with Gasteiger partial charge in [0.1, 0.15) is 0 Å². The molecule has 0 amide bonds. The highest BCUT2D eigenvalue weighted by atomic mass is 16.4. The summed E-state index contributed by atoms with van der Waals surface area (Å²) in [6, 6.07) is -0.965. The minimum Gasteiger partial charge on any atom is -0.480 e. The van der Waals surface area contributed by atoms with Crippen LogP contribution < -0.4 is 0 Å². The fraction of sp³-hybridized carbons (Fsp3) is 0.500. The molecule has 9 heavy (non-hydrogen) atoms. The molecule has 0 fully saturated rings. The Hall–Kier alpha value is -1.19. The molecule has 0 spiro atoms. The molecule has 0 heterocycles. The fourth-order valence-corrected chi connectivity index (χ4v) is 0.134. The number of carboxylic acids is 1. The van der Waals surface area contributed by atoms with Gasteiger partial charge >= 0.3 is 5.97 Å². The van der Waals surface area contributed by atoms with Crippen molar-refractivity contribution in [2.45, 2.75) is 13.0 Å². The third-order valence-electron chi connectivity index (χ3n) is 0.604. The quantitative estimate of drug-likeness (QED) is 0.385. The van der Waals surface area contributed by atoms with Gasteiger partial charge in [-0.15, -0.1) is 0 Å². The van der Waals surface area contributed by atoms with Crippen molar-refractivity contribution in [3.05, 3.63) is 0 Å². The van der Waals surface area contributed by atoms with Gasteiger partial charge in [-0.3, -0.25) is 0 Å². The summed E-state index contributed by atoms with van der Waals surface area (Å²) in [6.45, 7) is 1.30. The van der Waals surface area contributed by atoms with Gasteiger partial charge in [-0.1, -0.05) is 0 Å². The number of hydrogen-bond donors (Lipinski definition) is 1. The number of nitrogens with zero attached hydrogens (tertiary/aromatic N) is 1. The number of carbonyl (C=O) groups is 1. The number of carbonyl (C=O) groups excluding carboxylic acids is 1. The Balaban J connectivity index is 0. The van der Waals surface area contributed by atoms with Gasteiger partial charge in [-0.05, 0) is 6.92 Å². The molecule has 0 radical (unpaired) electrons. The number of carboxylic acid groups (broad SMARTS) is 1. The second-order valence-electron chi connectivity index (χ2n) is 1.23. The summed E-state index contributed by atoms with van der Waals surface area (Å²) in [6.07, 6.45) is 1.14. The largest absolute Gasteiger partial charge is 0.480 e. The van der Waals surface area contributed by atoms with Crippen molar-refractivity contribution >= 4 is 12.0 Å². The highest BCUT2D eigenvalue weighted by Crippen LogP contribution is 1.84. The van der Waals surface area contributed by atoms with Gasteiger partial charge in [0.2, 0.25) is 6.08 Å². The molecule has 0 aromatic heterocycles. The topological polar surface area (TPSA) is 98.2 Å². The Kier molecular flexibility index (Phi) is 5.91. The summed E-state index contributed by atoms with van der Waals surface area (Å²) in [7, 11) is 0. The van der Waals surface area contributed by atoms with Crippen LogP contribution in [-0.4, -0.2) is 28.7 Å². The average Bonchev–Trinajstić information content (AvgIpc) is 1.67. The third-order valence-corrected chi connectivity index (χ3v) is 0.604. The van der Waals surface area contributed by atoms with Crippen LogP contribution in [0.25, 0.3) is 0 Å². The Labute approximate surface area is 51.3 Å². The van der Waals surface area contributed by atoms with Gasteiger partial charge in [0.15, 0.2) is 6.04 Å². The van der Waals surface area contributed by atoms with Crippen molar-refractivity contribution in [3.8, 4) is 0 Å². The third kappa shape index (κ3) is 4.67. The van der Waals surface area contributed by atoms with Gasteiger partial charge < -0.3 is 10.6 Å². The van der Waals surface area contributed by atoms with Crippen LogP contribution in [0.4, 0.5) is 0 Å². The van der Waals surface area contributed by atoms with Crippen molar-refractivity contribution in [2.24, 2.45) is 4.99 Å². The summed E-state index contributed by atoms with van der Waals surface area (Å²) in [4.78, 5) is 22.1. The molecule has 0 bridgehead atoms. The van der Waals surface area contributed by atoms with Crippen LogP contribution >= 0.6 is 0 Å².